The van der Waals surface area contributed by atoms with Crippen LogP contribution in [0.3, 0.4) is 0 Å². The summed E-state index contributed by atoms with van der Waals surface area (Å²) < 4.78 is 15.2. The lowest BCUT2D eigenvalue weighted by Crippen LogP contribution is -2.11. The topological polar surface area (TPSA) is 34.9 Å². The van der Waals surface area contributed by atoms with Crippen molar-refractivity contribution < 1.29 is 9.18 Å². The Hall–Kier alpha value is -1.49. The lowest BCUT2D eigenvalue weighted by molar-refractivity contribution is 0.0982. The molecular weight excluding hydrogens is 311 g/mol. The molecule has 0 fully saturated rings. The van der Waals surface area contributed by atoms with E-state index in [9.17, 15) is 9.18 Å². The van der Waals surface area contributed by atoms with E-state index in [-0.39, 0.29) is 18.0 Å². The molecule has 1 aromatic carbocycles. The molecule has 19 heavy (non-hydrogen) atoms. The van der Waals surface area contributed by atoms with E-state index >= 15 is 0 Å². The number of carbonyl (C=O) groups is 1. The summed E-state index contributed by atoms with van der Waals surface area (Å²) in [5.74, 6) is -0.341. The minimum Gasteiger partial charge on any atom is -0.292 e. The van der Waals surface area contributed by atoms with Crippen molar-refractivity contribution in [3.8, 4) is 0 Å². The lowest BCUT2D eigenvalue weighted by Gasteiger charge is -2.05. The molecule has 0 N–H and O–H groups in total. The third-order valence-corrected chi connectivity index (χ3v) is 3.44. The van der Waals surface area contributed by atoms with E-state index in [4.69, 9.17) is 0 Å². The normalized spacial score (nSPS) is 10.7. The molecule has 2 aromatic rings. The summed E-state index contributed by atoms with van der Waals surface area (Å²) in [6, 6.07) is 6.39. The van der Waals surface area contributed by atoms with E-state index in [1.807, 2.05) is 13.8 Å². The van der Waals surface area contributed by atoms with Gasteiger partial charge in [0.2, 0.25) is 0 Å². The van der Waals surface area contributed by atoms with E-state index < -0.39 is 0 Å². The van der Waals surface area contributed by atoms with E-state index in [1.165, 1.54) is 6.07 Å². The lowest BCUT2D eigenvalue weighted by atomic mass is 10.1. The fourth-order valence-electron chi connectivity index (χ4n) is 1.94. The van der Waals surface area contributed by atoms with E-state index in [1.54, 1.807) is 22.9 Å². The maximum absolute atomic E-state index is 13.1. The van der Waals surface area contributed by atoms with Gasteiger partial charge in [-0.1, -0.05) is 6.07 Å². The van der Waals surface area contributed by atoms with Crippen molar-refractivity contribution in [1.82, 2.24) is 9.78 Å². The quantitative estimate of drug-likeness (QED) is 0.806. The summed E-state index contributed by atoms with van der Waals surface area (Å²) in [4.78, 5) is 12.2. The summed E-state index contributed by atoms with van der Waals surface area (Å²) in [5.41, 5.74) is 2.20. The molecule has 5 heteroatoms. The number of carbonyl (C=O) groups excluding carboxylic acids is 1. The molecule has 2 rings (SSSR count). The van der Waals surface area contributed by atoms with Gasteiger partial charge in [0, 0.05) is 13.0 Å². The first kappa shape index (κ1) is 13.9. The second kappa shape index (κ2) is 5.65. The van der Waals surface area contributed by atoms with Crippen molar-refractivity contribution in [3.05, 3.63) is 51.5 Å². The van der Waals surface area contributed by atoms with Crippen molar-refractivity contribution in [3.63, 3.8) is 0 Å². The molecule has 1 heterocycles. The van der Waals surface area contributed by atoms with E-state index in [0.29, 0.717) is 16.7 Å². The van der Waals surface area contributed by atoms with Crippen LogP contribution in [0.4, 0.5) is 4.39 Å². The van der Waals surface area contributed by atoms with Gasteiger partial charge in [-0.05, 0) is 53.5 Å². The number of Topliss-reactive ketones (excluding diaryl/α,β-unsaturated/α-hetero) is 1. The highest BCUT2D eigenvalue weighted by Gasteiger charge is 2.14. The predicted molar refractivity (Wildman–Crippen MR) is 74.8 cm³/mol. The smallest absolute Gasteiger partial charge is 0.185 e. The number of ketones is 1. The van der Waals surface area contributed by atoms with Crippen LogP contribution in [0.5, 0.6) is 0 Å². The van der Waals surface area contributed by atoms with Crippen LogP contribution in [0.1, 0.15) is 28.7 Å². The van der Waals surface area contributed by atoms with Crippen LogP contribution in [0, 0.1) is 12.7 Å². The van der Waals surface area contributed by atoms with Gasteiger partial charge in [-0.3, -0.25) is 9.48 Å². The van der Waals surface area contributed by atoms with Crippen LogP contribution in [0.15, 0.2) is 28.7 Å². The SMILES string of the molecule is CCn1nc(C)cc1C(=O)Cc1ccc(F)c(Br)c1. The minimum absolute atomic E-state index is 0.0130. The fraction of sp³-hybridized carbons (Fsp3) is 0.286. The highest BCUT2D eigenvalue weighted by molar-refractivity contribution is 9.10. The third-order valence-electron chi connectivity index (χ3n) is 2.84. The standard InChI is InChI=1S/C14H14BrFN2O/c1-3-18-13(6-9(2)17-18)14(19)8-10-4-5-12(16)11(15)7-10/h4-7H,3,8H2,1-2H3. The van der Waals surface area contributed by atoms with Gasteiger partial charge in [0.1, 0.15) is 11.5 Å². The zero-order valence-corrected chi connectivity index (χ0v) is 12.4. The number of rotatable bonds is 4. The number of aryl methyl sites for hydroxylation is 2. The summed E-state index contributed by atoms with van der Waals surface area (Å²) in [6.07, 6.45) is 0.240. The molecule has 0 atom stereocenters. The monoisotopic (exact) mass is 324 g/mol. The molecule has 0 bridgehead atoms. The highest BCUT2D eigenvalue weighted by atomic mass is 79.9. The average molecular weight is 325 g/mol. The molecule has 0 radical (unpaired) electrons. The number of aromatic nitrogens is 2. The summed E-state index contributed by atoms with van der Waals surface area (Å²) in [5, 5.41) is 4.25. The number of hydrogen-bond acceptors (Lipinski definition) is 2. The molecule has 0 spiro atoms. The van der Waals surface area contributed by atoms with Gasteiger partial charge in [0.25, 0.3) is 0 Å². The van der Waals surface area contributed by atoms with Crippen LogP contribution in [-0.2, 0) is 13.0 Å². The molecular formula is C14H14BrFN2O. The Morgan fingerprint density at radius 3 is 2.79 bits per heavy atom. The van der Waals surface area contributed by atoms with Crippen molar-refractivity contribution in [2.24, 2.45) is 0 Å². The summed E-state index contributed by atoms with van der Waals surface area (Å²) >= 11 is 3.12. The molecule has 100 valence electrons. The summed E-state index contributed by atoms with van der Waals surface area (Å²) in [6.45, 7) is 4.46. The van der Waals surface area contributed by atoms with Gasteiger partial charge in [-0.2, -0.15) is 5.10 Å². The van der Waals surface area contributed by atoms with Crippen molar-refractivity contribution >= 4 is 21.7 Å². The molecule has 0 aliphatic carbocycles. The van der Waals surface area contributed by atoms with Crippen molar-refractivity contribution in [2.45, 2.75) is 26.8 Å². The minimum atomic E-state index is -0.328. The molecule has 3 nitrogen and oxygen atoms in total. The molecule has 0 unspecified atom stereocenters. The van der Waals surface area contributed by atoms with E-state index in [0.717, 1.165) is 11.3 Å². The zero-order chi connectivity index (χ0) is 14.0. The molecule has 0 saturated heterocycles. The molecule has 0 aliphatic rings. The first-order chi connectivity index (χ1) is 9.01. The Kier molecular flexibility index (Phi) is 4.14. The number of halogens is 2. The van der Waals surface area contributed by atoms with Crippen molar-refractivity contribution in [1.29, 1.82) is 0 Å². The van der Waals surface area contributed by atoms with Crippen LogP contribution >= 0.6 is 15.9 Å². The van der Waals surface area contributed by atoms with Crippen LogP contribution < -0.4 is 0 Å². The average Bonchev–Trinajstić information content (AvgIpc) is 2.75. The van der Waals surface area contributed by atoms with Crippen molar-refractivity contribution in [2.75, 3.05) is 0 Å². The molecule has 0 saturated carbocycles. The second-order valence-electron chi connectivity index (χ2n) is 4.34. The Morgan fingerprint density at radius 1 is 1.42 bits per heavy atom. The van der Waals surface area contributed by atoms with Gasteiger partial charge in [0.15, 0.2) is 5.78 Å². The molecule has 0 aliphatic heterocycles. The number of hydrogen-bond donors (Lipinski definition) is 0. The van der Waals surface area contributed by atoms with E-state index in [2.05, 4.69) is 21.0 Å². The first-order valence-corrected chi connectivity index (χ1v) is 6.82. The largest absolute Gasteiger partial charge is 0.292 e. The second-order valence-corrected chi connectivity index (χ2v) is 5.19. The van der Waals surface area contributed by atoms with Gasteiger partial charge >= 0.3 is 0 Å². The number of benzene rings is 1. The van der Waals surface area contributed by atoms with Gasteiger partial charge < -0.3 is 0 Å². The van der Waals surface area contributed by atoms with Gasteiger partial charge in [-0.25, -0.2) is 4.39 Å². The predicted octanol–water partition coefficient (Wildman–Crippen LogP) is 3.54. The first-order valence-electron chi connectivity index (χ1n) is 6.03. The Balaban J connectivity index is 2.22. The fourth-order valence-corrected chi connectivity index (χ4v) is 2.36. The summed E-state index contributed by atoms with van der Waals surface area (Å²) in [7, 11) is 0. The van der Waals surface area contributed by atoms with Gasteiger partial charge in [-0.15, -0.1) is 0 Å². The Bertz CT molecular complexity index is 622. The maximum atomic E-state index is 13.1. The Morgan fingerprint density at radius 2 is 2.16 bits per heavy atom. The third kappa shape index (κ3) is 3.10. The molecule has 1 aromatic heterocycles. The Labute approximate surface area is 119 Å². The molecule has 0 amide bonds. The van der Waals surface area contributed by atoms with Crippen LogP contribution in [0.2, 0.25) is 0 Å². The van der Waals surface area contributed by atoms with Gasteiger partial charge in [0.05, 0.1) is 10.2 Å². The van der Waals surface area contributed by atoms with Crippen LogP contribution in [-0.4, -0.2) is 15.6 Å². The zero-order valence-electron chi connectivity index (χ0n) is 10.8. The highest BCUT2D eigenvalue weighted by Crippen LogP contribution is 2.18. The maximum Gasteiger partial charge on any atom is 0.185 e. The van der Waals surface area contributed by atoms with Crippen LogP contribution in [0.25, 0.3) is 0 Å². The number of nitrogens with zero attached hydrogens (tertiary/aromatic N) is 2.